The lowest BCUT2D eigenvalue weighted by molar-refractivity contribution is -0.120. The minimum absolute atomic E-state index is 0.145. The van der Waals surface area contributed by atoms with Gasteiger partial charge in [-0.15, -0.1) is 0 Å². The predicted octanol–water partition coefficient (Wildman–Crippen LogP) is 2.84. The van der Waals surface area contributed by atoms with Gasteiger partial charge < -0.3 is 10.6 Å². The smallest absolute Gasteiger partial charge is 0.222 e. The van der Waals surface area contributed by atoms with Gasteiger partial charge in [-0.25, -0.2) is 0 Å². The maximum absolute atomic E-state index is 11.4. The third-order valence-electron chi connectivity index (χ3n) is 3.03. The van der Waals surface area contributed by atoms with E-state index in [0.29, 0.717) is 6.42 Å². The van der Waals surface area contributed by atoms with E-state index in [1.54, 1.807) is 0 Å². The van der Waals surface area contributed by atoms with E-state index >= 15 is 0 Å². The second kappa shape index (κ2) is 5.54. The Balaban J connectivity index is 2.03. The lowest BCUT2D eigenvalue weighted by Crippen LogP contribution is -2.26. The summed E-state index contributed by atoms with van der Waals surface area (Å²) in [5.74, 6) is 0.145. The van der Waals surface area contributed by atoms with Gasteiger partial charge in [0.05, 0.1) is 0 Å². The Morgan fingerprint density at radius 3 is 3.06 bits per heavy atom. The molecule has 1 aliphatic heterocycles. The van der Waals surface area contributed by atoms with Crippen LogP contribution in [0.3, 0.4) is 0 Å². The molecule has 1 aromatic rings. The van der Waals surface area contributed by atoms with Crippen LogP contribution >= 0.6 is 15.9 Å². The van der Waals surface area contributed by atoms with Crippen molar-refractivity contribution in [3.05, 3.63) is 28.2 Å². The van der Waals surface area contributed by atoms with Gasteiger partial charge in [-0.1, -0.05) is 22.0 Å². The number of benzene rings is 1. The van der Waals surface area contributed by atoms with Gasteiger partial charge in [0.1, 0.15) is 0 Å². The first-order chi connectivity index (χ1) is 8.15. The van der Waals surface area contributed by atoms with Crippen LogP contribution in [-0.2, 0) is 4.79 Å². The molecule has 0 aliphatic carbocycles. The fraction of sp³-hybridized carbons (Fsp3) is 0.462. The number of hydrogen-bond donors (Lipinski definition) is 2. The summed E-state index contributed by atoms with van der Waals surface area (Å²) in [5, 5.41) is 6.32. The molecule has 1 saturated heterocycles. The molecule has 1 heterocycles. The first-order valence-electron chi connectivity index (χ1n) is 5.94. The molecule has 0 aromatic heterocycles. The molecule has 2 N–H and O–H groups in total. The Bertz CT molecular complexity index is 420. The summed E-state index contributed by atoms with van der Waals surface area (Å²) in [4.78, 5) is 11.4. The predicted molar refractivity (Wildman–Crippen MR) is 73.2 cm³/mol. The molecule has 1 aliphatic rings. The average Bonchev–Trinajstić information content (AvgIpc) is 2.48. The van der Waals surface area contributed by atoms with Crippen LogP contribution in [0.2, 0.25) is 0 Å². The zero-order valence-electron chi connectivity index (χ0n) is 9.92. The zero-order valence-corrected chi connectivity index (χ0v) is 11.5. The van der Waals surface area contributed by atoms with Gasteiger partial charge in [0.15, 0.2) is 0 Å². The molecule has 3 nitrogen and oxygen atoms in total. The van der Waals surface area contributed by atoms with Gasteiger partial charge in [-0.3, -0.25) is 4.79 Å². The number of aryl methyl sites for hydroxylation is 1. The van der Waals surface area contributed by atoms with Gasteiger partial charge in [0.25, 0.3) is 0 Å². The summed E-state index contributed by atoms with van der Waals surface area (Å²) in [6, 6.07) is 6.44. The molecule has 1 aromatic carbocycles. The van der Waals surface area contributed by atoms with Gasteiger partial charge in [0, 0.05) is 29.2 Å². The minimum Gasteiger partial charge on any atom is -0.382 e. The molecule has 1 atom stereocenters. The van der Waals surface area contributed by atoms with Gasteiger partial charge >= 0.3 is 0 Å². The Hall–Kier alpha value is -1.03. The molecular weight excluding hydrogens is 280 g/mol. The van der Waals surface area contributed by atoms with Crippen molar-refractivity contribution in [3.8, 4) is 0 Å². The van der Waals surface area contributed by atoms with Gasteiger partial charge in [-0.2, -0.15) is 0 Å². The van der Waals surface area contributed by atoms with E-state index in [0.717, 1.165) is 29.5 Å². The number of carbonyl (C=O) groups excluding carboxylic acids is 1. The molecule has 0 saturated carbocycles. The van der Waals surface area contributed by atoms with Crippen molar-refractivity contribution in [2.24, 2.45) is 0 Å². The van der Waals surface area contributed by atoms with E-state index in [2.05, 4.69) is 51.7 Å². The lowest BCUT2D eigenvalue weighted by atomic mass is 10.1. The van der Waals surface area contributed by atoms with Gasteiger partial charge in [0.2, 0.25) is 5.91 Å². The Labute approximate surface area is 110 Å². The highest BCUT2D eigenvalue weighted by Crippen LogP contribution is 2.22. The van der Waals surface area contributed by atoms with Crippen LogP contribution in [0.15, 0.2) is 22.7 Å². The van der Waals surface area contributed by atoms with E-state index in [4.69, 9.17) is 0 Å². The van der Waals surface area contributed by atoms with Crippen LogP contribution < -0.4 is 10.6 Å². The maximum Gasteiger partial charge on any atom is 0.222 e. The normalized spacial score (nSPS) is 20.6. The number of nitrogens with one attached hydrogen (secondary N) is 2. The lowest BCUT2D eigenvalue weighted by Gasteiger charge is -2.17. The monoisotopic (exact) mass is 296 g/mol. The highest BCUT2D eigenvalue weighted by atomic mass is 79.9. The molecular formula is C13H17BrN2O. The molecule has 17 heavy (non-hydrogen) atoms. The van der Waals surface area contributed by atoms with Crippen molar-refractivity contribution in [2.75, 3.05) is 11.9 Å². The number of anilines is 1. The number of rotatable bonds is 2. The van der Waals surface area contributed by atoms with Crippen LogP contribution in [0.5, 0.6) is 0 Å². The van der Waals surface area contributed by atoms with Crippen LogP contribution in [0.1, 0.15) is 24.8 Å². The number of amides is 1. The molecule has 1 fully saturated rings. The first kappa shape index (κ1) is 12.4. The SMILES string of the molecule is Cc1ccc(NC2CCCNC(=O)C2)cc1Br. The summed E-state index contributed by atoms with van der Waals surface area (Å²) in [5.41, 5.74) is 2.29. The largest absolute Gasteiger partial charge is 0.382 e. The average molecular weight is 297 g/mol. The third-order valence-corrected chi connectivity index (χ3v) is 3.88. The number of halogens is 1. The summed E-state index contributed by atoms with van der Waals surface area (Å²) in [7, 11) is 0. The van der Waals surface area contributed by atoms with E-state index in [-0.39, 0.29) is 11.9 Å². The molecule has 0 radical (unpaired) electrons. The standard InChI is InChI=1S/C13H17BrN2O/c1-9-4-5-11(7-12(9)14)16-10-3-2-6-15-13(17)8-10/h4-5,7,10,16H,2-3,6,8H2,1H3,(H,15,17). The van der Waals surface area contributed by atoms with Crippen molar-refractivity contribution in [3.63, 3.8) is 0 Å². The summed E-state index contributed by atoms with van der Waals surface area (Å²) in [6.07, 6.45) is 2.63. The quantitative estimate of drug-likeness (QED) is 0.881. The summed E-state index contributed by atoms with van der Waals surface area (Å²) in [6.45, 7) is 2.86. The maximum atomic E-state index is 11.4. The molecule has 1 unspecified atom stereocenters. The highest BCUT2D eigenvalue weighted by Gasteiger charge is 2.17. The van der Waals surface area contributed by atoms with Crippen LogP contribution in [0, 0.1) is 6.92 Å². The first-order valence-corrected chi connectivity index (χ1v) is 6.74. The van der Waals surface area contributed by atoms with E-state index < -0.39 is 0 Å². The van der Waals surface area contributed by atoms with Crippen molar-refractivity contribution >= 4 is 27.5 Å². The highest BCUT2D eigenvalue weighted by molar-refractivity contribution is 9.10. The van der Waals surface area contributed by atoms with Crippen molar-refractivity contribution < 1.29 is 4.79 Å². The fourth-order valence-electron chi connectivity index (χ4n) is 2.02. The minimum atomic E-state index is 0.145. The molecule has 4 heteroatoms. The van der Waals surface area contributed by atoms with E-state index in [1.165, 1.54) is 5.56 Å². The van der Waals surface area contributed by atoms with Crippen LogP contribution in [-0.4, -0.2) is 18.5 Å². The van der Waals surface area contributed by atoms with Crippen molar-refractivity contribution in [1.29, 1.82) is 0 Å². The Morgan fingerprint density at radius 1 is 1.47 bits per heavy atom. The van der Waals surface area contributed by atoms with Gasteiger partial charge in [-0.05, 0) is 37.5 Å². The van der Waals surface area contributed by atoms with Crippen molar-refractivity contribution in [1.82, 2.24) is 5.32 Å². The molecule has 2 rings (SSSR count). The molecule has 1 amide bonds. The Kier molecular flexibility index (Phi) is 4.05. The number of carbonyl (C=O) groups is 1. The summed E-state index contributed by atoms with van der Waals surface area (Å²) < 4.78 is 1.10. The zero-order chi connectivity index (χ0) is 12.3. The van der Waals surface area contributed by atoms with Crippen LogP contribution in [0.25, 0.3) is 0 Å². The van der Waals surface area contributed by atoms with E-state index in [1.807, 2.05) is 0 Å². The molecule has 0 spiro atoms. The number of hydrogen-bond acceptors (Lipinski definition) is 2. The second-order valence-electron chi connectivity index (χ2n) is 4.50. The molecule has 0 bridgehead atoms. The topological polar surface area (TPSA) is 41.1 Å². The van der Waals surface area contributed by atoms with Crippen LogP contribution in [0.4, 0.5) is 5.69 Å². The van der Waals surface area contributed by atoms with Crippen molar-refractivity contribution in [2.45, 2.75) is 32.2 Å². The fourth-order valence-corrected chi connectivity index (χ4v) is 2.39. The van der Waals surface area contributed by atoms with E-state index in [9.17, 15) is 4.79 Å². The molecule has 92 valence electrons. The third kappa shape index (κ3) is 3.46. The Morgan fingerprint density at radius 2 is 2.29 bits per heavy atom. The summed E-state index contributed by atoms with van der Waals surface area (Å²) >= 11 is 3.52. The second-order valence-corrected chi connectivity index (χ2v) is 5.36.